The van der Waals surface area contributed by atoms with Crippen molar-refractivity contribution in [3.63, 3.8) is 0 Å². The Hall–Kier alpha value is -1.83. The quantitative estimate of drug-likeness (QED) is 0.752. The molecule has 0 spiro atoms. The van der Waals surface area contributed by atoms with E-state index in [9.17, 15) is 0 Å². The molecule has 0 fully saturated rings. The molecule has 1 heterocycles. The molecule has 0 unspecified atom stereocenters. The molecule has 0 bridgehead atoms. The van der Waals surface area contributed by atoms with Crippen LogP contribution in [0.5, 0.6) is 5.75 Å². The zero-order chi connectivity index (χ0) is 10.5. The maximum absolute atomic E-state index is 9.14. The van der Waals surface area contributed by atoms with E-state index in [1.54, 1.807) is 12.1 Å². The molecule has 0 saturated heterocycles. The van der Waals surface area contributed by atoms with E-state index < -0.39 is 0 Å². The first-order chi connectivity index (χ1) is 7.34. The van der Waals surface area contributed by atoms with E-state index in [1.807, 2.05) is 30.3 Å². The Morgan fingerprint density at radius 2 is 1.60 bits per heavy atom. The zero-order valence-electron chi connectivity index (χ0n) is 8.50. The van der Waals surface area contributed by atoms with Crippen molar-refractivity contribution in [2.24, 2.45) is 0 Å². The predicted molar refractivity (Wildman–Crippen MR) is 58.4 cm³/mol. The molecule has 0 aliphatic heterocycles. The Morgan fingerprint density at radius 1 is 0.933 bits per heavy atom. The third-order valence-electron chi connectivity index (χ3n) is 2.37. The van der Waals surface area contributed by atoms with E-state index in [4.69, 9.17) is 5.11 Å². The van der Waals surface area contributed by atoms with Crippen molar-refractivity contribution in [2.75, 3.05) is 0 Å². The molecule has 0 amide bonds. The van der Waals surface area contributed by atoms with Crippen molar-refractivity contribution >= 4 is 0 Å². The Balaban J connectivity index is 1.96. The van der Waals surface area contributed by atoms with Crippen LogP contribution in [0.2, 0.25) is 0 Å². The summed E-state index contributed by atoms with van der Waals surface area (Å²) < 4.78 is 2.15. The van der Waals surface area contributed by atoms with Gasteiger partial charge in [0.25, 0.3) is 0 Å². The number of aryl methyl sites for hydroxylation is 2. The SMILES string of the molecule is Oc1ccc(CC[n+]2ccccc2)cc1. The van der Waals surface area contributed by atoms with Gasteiger partial charge in [0.15, 0.2) is 18.9 Å². The molecule has 1 N–H and O–H groups in total. The molecule has 15 heavy (non-hydrogen) atoms. The van der Waals surface area contributed by atoms with E-state index in [0.717, 1.165) is 13.0 Å². The number of hydrogen-bond donors (Lipinski definition) is 1. The van der Waals surface area contributed by atoms with Crippen LogP contribution in [-0.4, -0.2) is 5.11 Å². The minimum Gasteiger partial charge on any atom is -0.508 e. The summed E-state index contributed by atoms with van der Waals surface area (Å²) in [6.45, 7) is 0.964. The molecule has 0 aliphatic carbocycles. The van der Waals surface area contributed by atoms with Gasteiger partial charge in [0.1, 0.15) is 5.75 Å². The zero-order valence-corrected chi connectivity index (χ0v) is 8.50. The summed E-state index contributed by atoms with van der Waals surface area (Å²) >= 11 is 0. The first-order valence-corrected chi connectivity index (χ1v) is 5.06. The summed E-state index contributed by atoms with van der Waals surface area (Å²) in [4.78, 5) is 0. The average Bonchev–Trinajstić information content (AvgIpc) is 2.30. The maximum atomic E-state index is 9.14. The Bertz CT molecular complexity index is 408. The van der Waals surface area contributed by atoms with Crippen LogP contribution in [0.25, 0.3) is 0 Å². The smallest absolute Gasteiger partial charge is 0.168 e. The number of pyridine rings is 1. The molecule has 76 valence electrons. The third kappa shape index (κ3) is 2.81. The van der Waals surface area contributed by atoms with Crippen LogP contribution in [-0.2, 0) is 13.0 Å². The summed E-state index contributed by atoms with van der Waals surface area (Å²) in [5.41, 5.74) is 1.24. The second kappa shape index (κ2) is 4.60. The number of nitrogens with zero attached hydrogens (tertiary/aromatic N) is 1. The van der Waals surface area contributed by atoms with Gasteiger partial charge in [-0.3, -0.25) is 0 Å². The molecule has 2 nitrogen and oxygen atoms in total. The first kappa shape index (κ1) is 9.71. The number of hydrogen-bond acceptors (Lipinski definition) is 1. The highest BCUT2D eigenvalue weighted by Gasteiger charge is 1.99. The van der Waals surface area contributed by atoms with Crippen LogP contribution in [0.15, 0.2) is 54.9 Å². The number of aromatic nitrogens is 1. The molecule has 2 rings (SSSR count). The van der Waals surface area contributed by atoms with Gasteiger partial charge >= 0.3 is 0 Å². The van der Waals surface area contributed by atoms with Crippen LogP contribution < -0.4 is 4.57 Å². The number of aromatic hydroxyl groups is 1. The van der Waals surface area contributed by atoms with Gasteiger partial charge in [-0.25, -0.2) is 4.57 Å². The fourth-order valence-corrected chi connectivity index (χ4v) is 1.50. The number of phenols is 1. The van der Waals surface area contributed by atoms with Crippen molar-refractivity contribution in [3.05, 3.63) is 60.4 Å². The van der Waals surface area contributed by atoms with E-state index in [0.29, 0.717) is 5.75 Å². The van der Waals surface area contributed by atoms with Crippen LogP contribution in [0.3, 0.4) is 0 Å². The third-order valence-corrected chi connectivity index (χ3v) is 2.37. The molecule has 0 aliphatic rings. The van der Waals surface area contributed by atoms with E-state index in [1.165, 1.54) is 5.56 Å². The Labute approximate surface area is 89.4 Å². The summed E-state index contributed by atoms with van der Waals surface area (Å²) in [6.07, 6.45) is 5.09. The number of rotatable bonds is 3. The average molecular weight is 200 g/mol. The highest BCUT2D eigenvalue weighted by atomic mass is 16.3. The molecule has 0 atom stereocenters. The van der Waals surface area contributed by atoms with Gasteiger partial charge in [-0.2, -0.15) is 0 Å². The van der Waals surface area contributed by atoms with Gasteiger partial charge in [0.05, 0.1) is 0 Å². The highest BCUT2D eigenvalue weighted by Crippen LogP contribution is 2.09. The first-order valence-electron chi connectivity index (χ1n) is 5.06. The molecule has 1 aromatic heterocycles. The van der Waals surface area contributed by atoms with Crippen molar-refractivity contribution < 1.29 is 9.67 Å². The topological polar surface area (TPSA) is 24.1 Å². The molecule has 0 saturated carbocycles. The van der Waals surface area contributed by atoms with Gasteiger partial charge in [-0.15, -0.1) is 0 Å². The van der Waals surface area contributed by atoms with Crippen LogP contribution in [0.4, 0.5) is 0 Å². The molecule has 2 aromatic rings. The van der Waals surface area contributed by atoms with E-state index in [-0.39, 0.29) is 0 Å². The van der Waals surface area contributed by atoms with E-state index in [2.05, 4.69) is 17.0 Å². The largest absolute Gasteiger partial charge is 0.508 e. The fraction of sp³-hybridized carbons (Fsp3) is 0.154. The fourth-order valence-electron chi connectivity index (χ4n) is 1.50. The van der Waals surface area contributed by atoms with Crippen molar-refractivity contribution in [1.29, 1.82) is 0 Å². The lowest BCUT2D eigenvalue weighted by molar-refractivity contribution is -0.696. The lowest BCUT2D eigenvalue weighted by Crippen LogP contribution is -2.33. The number of phenolic OH excluding ortho intramolecular Hbond substituents is 1. The monoisotopic (exact) mass is 200 g/mol. The van der Waals surface area contributed by atoms with Gasteiger partial charge < -0.3 is 5.11 Å². The van der Waals surface area contributed by atoms with E-state index >= 15 is 0 Å². The summed E-state index contributed by atoms with van der Waals surface area (Å²) in [6, 6.07) is 13.4. The molecular formula is C13H14NO+. The lowest BCUT2D eigenvalue weighted by Gasteiger charge is -1.98. The predicted octanol–water partition coefficient (Wildman–Crippen LogP) is 1.92. The molecule has 0 radical (unpaired) electrons. The maximum Gasteiger partial charge on any atom is 0.168 e. The Kier molecular flexibility index (Phi) is 2.98. The summed E-state index contributed by atoms with van der Waals surface area (Å²) in [5.74, 6) is 0.325. The van der Waals surface area contributed by atoms with Gasteiger partial charge in [-0.1, -0.05) is 18.2 Å². The van der Waals surface area contributed by atoms with Gasteiger partial charge in [0, 0.05) is 18.6 Å². The highest BCUT2D eigenvalue weighted by molar-refractivity contribution is 5.25. The second-order valence-electron chi connectivity index (χ2n) is 3.53. The Morgan fingerprint density at radius 3 is 2.27 bits per heavy atom. The minimum atomic E-state index is 0.325. The molecule has 1 aromatic carbocycles. The second-order valence-corrected chi connectivity index (χ2v) is 3.53. The van der Waals surface area contributed by atoms with Crippen molar-refractivity contribution in [1.82, 2.24) is 0 Å². The number of benzene rings is 1. The summed E-state index contributed by atoms with van der Waals surface area (Å²) in [7, 11) is 0. The van der Waals surface area contributed by atoms with Crippen LogP contribution >= 0.6 is 0 Å². The van der Waals surface area contributed by atoms with Crippen LogP contribution in [0, 0.1) is 0 Å². The van der Waals surface area contributed by atoms with Crippen molar-refractivity contribution in [2.45, 2.75) is 13.0 Å². The standard InChI is InChI=1S/C13H13NO/c15-13-6-4-12(5-7-13)8-11-14-9-2-1-3-10-14/h1-7,9-10H,8,11H2/p+1. The van der Waals surface area contributed by atoms with Gasteiger partial charge in [0.2, 0.25) is 0 Å². The van der Waals surface area contributed by atoms with Crippen molar-refractivity contribution in [3.8, 4) is 5.75 Å². The normalized spacial score (nSPS) is 10.1. The lowest BCUT2D eigenvalue weighted by atomic mass is 10.1. The molecule has 2 heteroatoms. The molecular weight excluding hydrogens is 186 g/mol. The van der Waals surface area contributed by atoms with Gasteiger partial charge in [-0.05, 0) is 17.7 Å². The minimum absolute atomic E-state index is 0.325. The summed E-state index contributed by atoms with van der Waals surface area (Å²) in [5, 5.41) is 9.14. The van der Waals surface area contributed by atoms with Crippen LogP contribution in [0.1, 0.15) is 5.56 Å².